The van der Waals surface area contributed by atoms with Crippen molar-refractivity contribution in [3.05, 3.63) is 101 Å². The first-order valence-corrected chi connectivity index (χ1v) is 12.2. The molecular formula is C28H22ClN5O2S. The van der Waals surface area contributed by atoms with Crippen LogP contribution in [0.15, 0.2) is 84.9 Å². The van der Waals surface area contributed by atoms with Crippen molar-refractivity contribution in [3.63, 3.8) is 0 Å². The van der Waals surface area contributed by atoms with Gasteiger partial charge in [0.25, 0.3) is 5.91 Å². The van der Waals surface area contributed by atoms with E-state index in [1.165, 1.54) is 4.80 Å². The Morgan fingerprint density at radius 1 is 0.919 bits per heavy atom. The lowest BCUT2D eigenvalue weighted by molar-refractivity contribution is 0.0977. The van der Waals surface area contributed by atoms with Crippen LogP contribution >= 0.6 is 23.8 Å². The van der Waals surface area contributed by atoms with Crippen LogP contribution in [0.2, 0.25) is 5.02 Å². The molecule has 9 heteroatoms. The third-order valence-corrected chi connectivity index (χ3v) is 6.32. The van der Waals surface area contributed by atoms with Gasteiger partial charge in [0.05, 0.1) is 17.8 Å². The summed E-state index contributed by atoms with van der Waals surface area (Å²) < 4.78 is 5.21. The molecule has 1 amide bonds. The summed E-state index contributed by atoms with van der Waals surface area (Å²) in [5.74, 6) is 0.283. The monoisotopic (exact) mass is 527 g/mol. The SMILES string of the molecule is COc1ccc(-n2nc3cc(C)c(NC(=S)NC(=O)c4ccc(-c5ccccc5)cc4)cc3n2)cc1Cl. The fourth-order valence-corrected chi connectivity index (χ4v) is 4.33. The molecular weight excluding hydrogens is 506 g/mol. The number of aryl methyl sites for hydroxylation is 1. The molecule has 5 rings (SSSR count). The van der Waals surface area contributed by atoms with Crippen LogP contribution in [-0.4, -0.2) is 33.1 Å². The molecule has 0 spiro atoms. The van der Waals surface area contributed by atoms with E-state index < -0.39 is 0 Å². The number of rotatable bonds is 5. The maximum Gasteiger partial charge on any atom is 0.257 e. The van der Waals surface area contributed by atoms with E-state index in [2.05, 4.69) is 20.8 Å². The zero-order valence-corrected chi connectivity index (χ0v) is 21.6. The van der Waals surface area contributed by atoms with Crippen LogP contribution in [0, 0.1) is 6.92 Å². The molecule has 0 aliphatic rings. The Kier molecular flexibility index (Phi) is 6.85. The Labute approximate surface area is 224 Å². The quantitative estimate of drug-likeness (QED) is 0.265. The fourth-order valence-electron chi connectivity index (χ4n) is 3.87. The molecule has 0 atom stereocenters. The molecule has 1 aromatic heterocycles. The number of halogens is 1. The van der Waals surface area contributed by atoms with E-state index in [1.54, 1.807) is 31.4 Å². The number of hydrogen-bond donors (Lipinski definition) is 2. The van der Waals surface area contributed by atoms with Crippen LogP contribution in [-0.2, 0) is 0 Å². The van der Waals surface area contributed by atoms with Crippen LogP contribution in [0.5, 0.6) is 5.75 Å². The Bertz CT molecular complexity index is 1620. The molecule has 0 radical (unpaired) electrons. The van der Waals surface area contributed by atoms with Gasteiger partial charge < -0.3 is 10.1 Å². The highest BCUT2D eigenvalue weighted by Crippen LogP contribution is 2.27. The molecule has 184 valence electrons. The van der Waals surface area contributed by atoms with Gasteiger partial charge in [0.1, 0.15) is 16.8 Å². The van der Waals surface area contributed by atoms with Gasteiger partial charge in [-0.05, 0) is 78.3 Å². The summed E-state index contributed by atoms with van der Waals surface area (Å²) >= 11 is 11.7. The molecule has 7 nitrogen and oxygen atoms in total. The first kappa shape index (κ1) is 24.4. The van der Waals surface area contributed by atoms with Crippen LogP contribution in [0.4, 0.5) is 5.69 Å². The van der Waals surface area contributed by atoms with Gasteiger partial charge in [-0.15, -0.1) is 10.2 Å². The topological polar surface area (TPSA) is 81.1 Å². The number of nitrogens with zero attached hydrogens (tertiary/aromatic N) is 3. The van der Waals surface area contributed by atoms with Gasteiger partial charge >= 0.3 is 0 Å². The minimum Gasteiger partial charge on any atom is -0.495 e. The Morgan fingerprint density at radius 2 is 1.59 bits per heavy atom. The summed E-state index contributed by atoms with van der Waals surface area (Å²) in [6, 6.07) is 26.4. The van der Waals surface area contributed by atoms with Gasteiger partial charge in [-0.1, -0.05) is 54.1 Å². The van der Waals surface area contributed by atoms with E-state index in [4.69, 9.17) is 28.6 Å². The second-order valence-electron chi connectivity index (χ2n) is 8.32. The van der Waals surface area contributed by atoms with E-state index in [-0.39, 0.29) is 11.0 Å². The maximum atomic E-state index is 12.7. The van der Waals surface area contributed by atoms with E-state index >= 15 is 0 Å². The number of hydrogen-bond acceptors (Lipinski definition) is 5. The van der Waals surface area contributed by atoms with E-state index in [9.17, 15) is 4.79 Å². The van der Waals surface area contributed by atoms with Crippen LogP contribution < -0.4 is 15.4 Å². The van der Waals surface area contributed by atoms with Crippen LogP contribution in [0.1, 0.15) is 15.9 Å². The molecule has 0 aliphatic heterocycles. The summed E-state index contributed by atoms with van der Waals surface area (Å²) in [5.41, 5.74) is 6.32. The molecule has 5 aromatic rings. The lowest BCUT2D eigenvalue weighted by Gasteiger charge is -2.12. The van der Waals surface area contributed by atoms with Crippen LogP contribution in [0.3, 0.4) is 0 Å². The Hall–Kier alpha value is -4.27. The minimum atomic E-state index is -0.293. The van der Waals surface area contributed by atoms with E-state index in [0.717, 1.165) is 22.4 Å². The Balaban J connectivity index is 1.29. The first-order chi connectivity index (χ1) is 17.9. The predicted octanol–water partition coefficient (Wildman–Crippen LogP) is 6.18. The number of benzene rings is 4. The highest BCUT2D eigenvalue weighted by atomic mass is 35.5. The van der Waals surface area contributed by atoms with Crippen molar-refractivity contribution < 1.29 is 9.53 Å². The van der Waals surface area contributed by atoms with Gasteiger partial charge in [0.2, 0.25) is 0 Å². The lowest BCUT2D eigenvalue weighted by Crippen LogP contribution is -2.34. The third kappa shape index (κ3) is 5.30. The Morgan fingerprint density at radius 3 is 2.27 bits per heavy atom. The molecule has 2 N–H and O–H groups in total. The number of ether oxygens (including phenoxy) is 1. The van der Waals surface area contributed by atoms with Crippen molar-refractivity contribution >= 4 is 51.6 Å². The van der Waals surface area contributed by atoms with Gasteiger partial charge in [0, 0.05) is 11.3 Å². The summed E-state index contributed by atoms with van der Waals surface area (Å²) in [6.45, 7) is 1.93. The number of methoxy groups -OCH3 is 1. The summed E-state index contributed by atoms with van der Waals surface area (Å²) in [6.07, 6.45) is 0. The molecule has 37 heavy (non-hydrogen) atoms. The minimum absolute atomic E-state index is 0.189. The maximum absolute atomic E-state index is 12.7. The number of carbonyl (C=O) groups is 1. The molecule has 0 saturated heterocycles. The van der Waals surface area contributed by atoms with Gasteiger partial charge in [-0.2, -0.15) is 4.80 Å². The number of aromatic nitrogens is 3. The van der Waals surface area contributed by atoms with Crippen molar-refractivity contribution in [3.8, 4) is 22.6 Å². The zero-order valence-electron chi connectivity index (χ0n) is 20.0. The first-order valence-electron chi connectivity index (χ1n) is 11.4. The average Bonchev–Trinajstić information content (AvgIpc) is 3.32. The predicted molar refractivity (Wildman–Crippen MR) is 151 cm³/mol. The number of carbonyl (C=O) groups excluding carboxylic acids is 1. The second-order valence-corrected chi connectivity index (χ2v) is 9.13. The zero-order chi connectivity index (χ0) is 25.9. The molecule has 4 aromatic carbocycles. The lowest BCUT2D eigenvalue weighted by atomic mass is 10.0. The van der Waals surface area contributed by atoms with Crippen molar-refractivity contribution in [2.75, 3.05) is 12.4 Å². The summed E-state index contributed by atoms with van der Waals surface area (Å²) in [7, 11) is 1.56. The van der Waals surface area contributed by atoms with Gasteiger partial charge in [0.15, 0.2) is 5.11 Å². The van der Waals surface area contributed by atoms with Gasteiger partial charge in [-0.25, -0.2) is 0 Å². The number of nitrogens with one attached hydrogen (secondary N) is 2. The molecule has 0 saturated carbocycles. The number of anilines is 1. The molecule has 0 fully saturated rings. The number of thiocarbonyl (C=S) groups is 1. The molecule has 0 unspecified atom stereocenters. The normalized spacial score (nSPS) is 10.8. The number of fused-ring (bicyclic) bond motifs is 1. The third-order valence-electron chi connectivity index (χ3n) is 5.82. The molecule has 1 heterocycles. The van der Waals surface area contributed by atoms with Crippen molar-refractivity contribution in [2.24, 2.45) is 0 Å². The highest BCUT2D eigenvalue weighted by Gasteiger charge is 2.13. The standard InChI is InChI=1S/C28H22ClN5O2S/c1-17-14-24-25(33-34(32-24)21-12-13-26(36-2)22(29)15-21)16-23(17)30-28(37)31-27(35)20-10-8-19(9-11-20)18-6-4-3-5-7-18/h3-16H,1-2H3,(H2,30,31,35,37). The van der Waals surface area contributed by atoms with E-state index in [1.807, 2.05) is 67.6 Å². The van der Waals surface area contributed by atoms with Crippen molar-refractivity contribution in [1.82, 2.24) is 20.3 Å². The fraction of sp³-hybridized carbons (Fsp3) is 0.0714. The smallest absolute Gasteiger partial charge is 0.257 e. The van der Waals surface area contributed by atoms with E-state index in [0.29, 0.717) is 33.1 Å². The van der Waals surface area contributed by atoms with Crippen molar-refractivity contribution in [1.29, 1.82) is 0 Å². The molecule has 0 aliphatic carbocycles. The largest absolute Gasteiger partial charge is 0.495 e. The van der Waals surface area contributed by atoms with Gasteiger partial charge in [-0.3, -0.25) is 10.1 Å². The second kappa shape index (κ2) is 10.4. The highest BCUT2D eigenvalue weighted by molar-refractivity contribution is 7.80. The summed E-state index contributed by atoms with van der Waals surface area (Å²) in [5, 5.41) is 15.6. The van der Waals surface area contributed by atoms with Crippen molar-refractivity contribution in [2.45, 2.75) is 6.92 Å². The molecule has 0 bridgehead atoms. The number of amides is 1. The average molecular weight is 528 g/mol. The van der Waals surface area contributed by atoms with Crippen LogP contribution in [0.25, 0.3) is 27.8 Å². The summed E-state index contributed by atoms with van der Waals surface area (Å²) in [4.78, 5) is 14.3.